The third-order valence-electron chi connectivity index (χ3n) is 7.87. The van der Waals surface area contributed by atoms with Crippen molar-refractivity contribution in [3.05, 3.63) is 70.8 Å². The summed E-state index contributed by atoms with van der Waals surface area (Å²) in [7, 11) is 0. The average Bonchev–Trinajstić information content (AvgIpc) is 2.68. The van der Waals surface area contributed by atoms with Crippen LogP contribution in [-0.2, 0) is 18.4 Å². The Balaban J connectivity index is 1.54. The molecule has 1 fully saturated rings. The number of aryl methyl sites for hydroxylation is 1. The lowest BCUT2D eigenvalue weighted by Gasteiger charge is -2.55. The van der Waals surface area contributed by atoms with E-state index in [4.69, 9.17) is 0 Å². The first kappa shape index (κ1) is 19.7. The van der Waals surface area contributed by atoms with Gasteiger partial charge in [0, 0.05) is 13.1 Å². The number of hydrogen-bond donors (Lipinski definition) is 1. The molecule has 1 N–H and O–H groups in total. The third-order valence-corrected chi connectivity index (χ3v) is 7.87. The molecule has 1 heteroatoms. The van der Waals surface area contributed by atoms with Crippen molar-refractivity contribution in [2.45, 2.75) is 77.7 Å². The molecule has 0 heterocycles. The first-order valence-electron chi connectivity index (χ1n) is 11.3. The molecule has 28 heavy (non-hydrogen) atoms. The minimum atomic E-state index is 0.338. The van der Waals surface area contributed by atoms with Crippen LogP contribution >= 0.6 is 0 Å². The molecule has 150 valence electrons. The number of hydrogen-bond acceptors (Lipinski definition) is 1. The second-order valence-electron chi connectivity index (χ2n) is 10.2. The van der Waals surface area contributed by atoms with Crippen molar-refractivity contribution in [1.82, 2.24) is 5.32 Å². The Morgan fingerprint density at radius 1 is 1.04 bits per heavy atom. The van der Waals surface area contributed by atoms with E-state index in [1.165, 1.54) is 43.2 Å². The Morgan fingerprint density at radius 2 is 1.82 bits per heavy atom. The Labute approximate surface area is 172 Å². The van der Waals surface area contributed by atoms with Crippen LogP contribution in [0.4, 0.5) is 0 Å². The van der Waals surface area contributed by atoms with Gasteiger partial charge >= 0.3 is 0 Å². The van der Waals surface area contributed by atoms with Gasteiger partial charge in [-0.25, -0.2) is 0 Å². The summed E-state index contributed by atoms with van der Waals surface area (Å²) in [6, 6.07) is 18.2. The molecule has 2 aromatic carbocycles. The maximum absolute atomic E-state index is 3.81. The van der Waals surface area contributed by atoms with E-state index in [0.29, 0.717) is 16.7 Å². The molecular weight excluding hydrogens is 338 g/mol. The molecule has 2 aromatic rings. The lowest BCUT2D eigenvalue weighted by molar-refractivity contribution is 0.0257. The summed E-state index contributed by atoms with van der Waals surface area (Å²) in [6.07, 6.45) is 6.65. The van der Waals surface area contributed by atoms with Gasteiger partial charge in [-0.1, -0.05) is 82.6 Å². The summed E-state index contributed by atoms with van der Waals surface area (Å²) in [5.41, 5.74) is 6.90. The van der Waals surface area contributed by atoms with Gasteiger partial charge in [0.2, 0.25) is 0 Å². The fourth-order valence-electron chi connectivity index (χ4n) is 6.30. The normalized spacial score (nSPS) is 29.4. The van der Waals surface area contributed by atoms with Crippen LogP contribution in [0.3, 0.4) is 0 Å². The lowest BCUT2D eigenvalue weighted by Crippen LogP contribution is -2.52. The summed E-state index contributed by atoms with van der Waals surface area (Å²) in [4.78, 5) is 0. The monoisotopic (exact) mass is 375 g/mol. The van der Waals surface area contributed by atoms with E-state index in [1.807, 2.05) is 0 Å². The Bertz CT molecular complexity index is 808. The van der Waals surface area contributed by atoms with Crippen molar-refractivity contribution in [3.63, 3.8) is 0 Å². The van der Waals surface area contributed by atoms with Crippen LogP contribution in [0.2, 0.25) is 0 Å². The van der Waals surface area contributed by atoms with E-state index in [9.17, 15) is 0 Å². The van der Waals surface area contributed by atoms with E-state index < -0.39 is 0 Å². The maximum Gasteiger partial charge on any atom is 0.0205 e. The van der Waals surface area contributed by atoms with Gasteiger partial charge in [-0.05, 0) is 70.6 Å². The van der Waals surface area contributed by atoms with Crippen LogP contribution in [0.15, 0.2) is 48.5 Å². The highest BCUT2D eigenvalue weighted by Crippen LogP contribution is 2.57. The van der Waals surface area contributed by atoms with Gasteiger partial charge in [-0.15, -0.1) is 0 Å². The molecule has 0 aromatic heterocycles. The van der Waals surface area contributed by atoms with Crippen LogP contribution in [0.1, 0.15) is 81.5 Å². The molecule has 0 unspecified atom stereocenters. The quantitative estimate of drug-likeness (QED) is 0.620. The van der Waals surface area contributed by atoms with Crippen LogP contribution in [0.25, 0.3) is 0 Å². The summed E-state index contributed by atoms with van der Waals surface area (Å²) in [5, 5.41) is 3.81. The molecule has 2 aliphatic carbocycles. The predicted octanol–water partition coefficient (Wildman–Crippen LogP) is 6.61. The average molecular weight is 376 g/mol. The summed E-state index contributed by atoms with van der Waals surface area (Å²) < 4.78 is 0. The molecule has 0 radical (unpaired) electrons. The minimum Gasteiger partial charge on any atom is -0.312 e. The maximum atomic E-state index is 3.81. The Morgan fingerprint density at radius 3 is 2.57 bits per heavy atom. The Hall–Kier alpha value is -1.60. The van der Waals surface area contributed by atoms with Crippen molar-refractivity contribution in [3.8, 4) is 0 Å². The summed E-state index contributed by atoms with van der Waals surface area (Å²) in [6.45, 7) is 11.9. The molecular formula is C27H37N. The molecule has 3 atom stereocenters. The molecule has 2 aliphatic rings. The molecule has 0 amide bonds. The smallest absolute Gasteiger partial charge is 0.0205 e. The summed E-state index contributed by atoms with van der Waals surface area (Å²) >= 11 is 0. The molecule has 0 aliphatic heterocycles. The number of benzene rings is 2. The fourth-order valence-corrected chi connectivity index (χ4v) is 6.30. The van der Waals surface area contributed by atoms with Gasteiger partial charge in [0.05, 0.1) is 0 Å². The van der Waals surface area contributed by atoms with Crippen molar-refractivity contribution in [1.29, 1.82) is 0 Å². The number of fused-ring (bicyclic) bond motifs is 3. The van der Waals surface area contributed by atoms with E-state index >= 15 is 0 Å². The zero-order valence-corrected chi connectivity index (χ0v) is 18.2. The first-order valence-corrected chi connectivity index (χ1v) is 11.3. The lowest BCUT2D eigenvalue weighted by atomic mass is 9.49. The minimum absolute atomic E-state index is 0.338. The molecule has 0 saturated heterocycles. The molecule has 1 nitrogen and oxygen atoms in total. The standard InChI is InChI=1S/C27H37N/c1-20(2)22-11-13-24-23(17-22)12-14-25-26(3,15-8-16-27(24,25)4)19-28-18-21-9-6-5-7-10-21/h5-7,9-11,13,17,20,25,28H,8,12,14-16,18-19H2,1-4H3/t25-,26+,27-/m1/s1. The van der Waals surface area contributed by atoms with E-state index in [0.717, 1.165) is 19.0 Å². The highest BCUT2D eigenvalue weighted by atomic mass is 14.9. The van der Waals surface area contributed by atoms with Crippen LogP contribution in [0.5, 0.6) is 0 Å². The molecule has 1 saturated carbocycles. The Kier molecular flexibility index (Phi) is 5.40. The third kappa shape index (κ3) is 3.54. The molecule has 4 rings (SSSR count). The predicted molar refractivity (Wildman–Crippen MR) is 120 cm³/mol. The van der Waals surface area contributed by atoms with Gasteiger partial charge in [0.25, 0.3) is 0 Å². The zero-order valence-electron chi connectivity index (χ0n) is 18.2. The highest BCUT2D eigenvalue weighted by Gasteiger charge is 2.51. The molecule has 0 spiro atoms. The van der Waals surface area contributed by atoms with Crippen LogP contribution in [0, 0.1) is 11.3 Å². The highest BCUT2D eigenvalue weighted by molar-refractivity contribution is 5.42. The van der Waals surface area contributed by atoms with Crippen molar-refractivity contribution >= 4 is 0 Å². The van der Waals surface area contributed by atoms with Gasteiger partial charge in [-0.3, -0.25) is 0 Å². The molecule has 0 bridgehead atoms. The summed E-state index contributed by atoms with van der Waals surface area (Å²) in [5.74, 6) is 1.39. The fraction of sp³-hybridized carbons (Fsp3) is 0.556. The van der Waals surface area contributed by atoms with Gasteiger partial charge < -0.3 is 5.32 Å². The van der Waals surface area contributed by atoms with Gasteiger partial charge in [-0.2, -0.15) is 0 Å². The number of nitrogens with one attached hydrogen (secondary N) is 1. The van der Waals surface area contributed by atoms with Crippen molar-refractivity contribution in [2.24, 2.45) is 11.3 Å². The largest absolute Gasteiger partial charge is 0.312 e. The van der Waals surface area contributed by atoms with Crippen LogP contribution in [-0.4, -0.2) is 6.54 Å². The number of rotatable bonds is 5. The van der Waals surface area contributed by atoms with Gasteiger partial charge in [0.1, 0.15) is 0 Å². The van der Waals surface area contributed by atoms with Crippen LogP contribution < -0.4 is 5.32 Å². The SMILES string of the molecule is CC(C)c1ccc2c(c1)CC[C@@H]1[C@](C)(CNCc3ccccc3)CCC[C@]21C. The first-order chi connectivity index (χ1) is 13.4. The second kappa shape index (κ2) is 7.67. The zero-order chi connectivity index (χ0) is 19.8. The second-order valence-corrected chi connectivity index (χ2v) is 10.2. The van der Waals surface area contributed by atoms with E-state index in [2.05, 4.69) is 81.5 Å². The topological polar surface area (TPSA) is 12.0 Å². The van der Waals surface area contributed by atoms with Crippen molar-refractivity contribution < 1.29 is 0 Å². The van der Waals surface area contributed by atoms with E-state index in [1.54, 1.807) is 11.1 Å². The van der Waals surface area contributed by atoms with Gasteiger partial charge in [0.15, 0.2) is 0 Å². The van der Waals surface area contributed by atoms with Crippen molar-refractivity contribution in [2.75, 3.05) is 6.54 Å². The van der Waals surface area contributed by atoms with E-state index in [-0.39, 0.29) is 0 Å².